The van der Waals surface area contributed by atoms with E-state index in [1.165, 1.54) is 0 Å². The summed E-state index contributed by atoms with van der Waals surface area (Å²) in [5.41, 5.74) is 7.13. The van der Waals surface area contributed by atoms with Crippen molar-refractivity contribution in [2.75, 3.05) is 5.43 Å². The highest BCUT2D eigenvalue weighted by Gasteiger charge is 2.13. The lowest BCUT2D eigenvalue weighted by Crippen LogP contribution is -1.98. The van der Waals surface area contributed by atoms with Crippen LogP contribution in [-0.2, 0) is 0 Å². The van der Waals surface area contributed by atoms with Crippen molar-refractivity contribution in [1.82, 2.24) is 9.55 Å². The van der Waals surface area contributed by atoms with Crippen LogP contribution in [0.5, 0.6) is 0 Å². The maximum Gasteiger partial charge on any atom is 0.229 e. The minimum Gasteiger partial charge on any atom is -0.281 e. The molecule has 80 valence electrons. The smallest absolute Gasteiger partial charge is 0.229 e. The van der Waals surface area contributed by atoms with Gasteiger partial charge in [0.25, 0.3) is 0 Å². The number of hydrogen-bond acceptors (Lipinski definition) is 3. The van der Waals surface area contributed by atoms with Crippen molar-refractivity contribution in [2.45, 2.75) is 13.8 Å². The first kappa shape index (κ1) is 9.15. The molecule has 0 aliphatic carbocycles. The Bertz CT molecular complexity index is 619. The predicted molar refractivity (Wildman–Crippen MR) is 66.4 cm³/mol. The highest BCUT2D eigenvalue weighted by molar-refractivity contribution is 5.99. The molecule has 1 aromatic heterocycles. The van der Waals surface area contributed by atoms with Gasteiger partial charge < -0.3 is 0 Å². The number of aromatic nitrogens is 2. The molecule has 0 saturated heterocycles. The second-order valence-electron chi connectivity index (χ2n) is 3.91. The Balaban J connectivity index is 2.35. The summed E-state index contributed by atoms with van der Waals surface area (Å²) in [7, 11) is 0. The van der Waals surface area contributed by atoms with Crippen LogP contribution in [0.4, 0.5) is 5.95 Å². The van der Waals surface area contributed by atoms with E-state index in [1.807, 2.05) is 31.2 Å². The minimum absolute atomic E-state index is 0.770. The Morgan fingerprint density at radius 1 is 1.19 bits per heavy atom. The fourth-order valence-electron chi connectivity index (χ4n) is 2.00. The monoisotopic (exact) mass is 212 g/mol. The van der Waals surface area contributed by atoms with E-state index >= 15 is 0 Å². The molecule has 16 heavy (non-hydrogen) atoms. The molecule has 1 aromatic carbocycles. The number of imidazole rings is 1. The SMILES string of the molecule is CC1=CC(C)=NNc2nc3ccccc3n21. The fraction of sp³-hybridized carbons (Fsp3) is 0.167. The van der Waals surface area contributed by atoms with Gasteiger partial charge in [0.1, 0.15) is 0 Å². The lowest BCUT2D eigenvalue weighted by Gasteiger charge is -2.05. The molecule has 2 heterocycles. The molecule has 2 aromatic rings. The third-order valence-corrected chi connectivity index (χ3v) is 2.66. The Morgan fingerprint density at radius 2 is 2.00 bits per heavy atom. The third kappa shape index (κ3) is 1.23. The summed E-state index contributed by atoms with van der Waals surface area (Å²) in [5.74, 6) is 0.770. The van der Waals surface area contributed by atoms with E-state index in [1.54, 1.807) is 0 Å². The Labute approximate surface area is 93.3 Å². The van der Waals surface area contributed by atoms with Crippen molar-refractivity contribution in [2.24, 2.45) is 5.10 Å². The first-order valence-electron chi connectivity index (χ1n) is 5.22. The maximum atomic E-state index is 4.50. The summed E-state index contributed by atoms with van der Waals surface area (Å²) in [5, 5.41) is 4.22. The number of para-hydroxylation sites is 2. The van der Waals surface area contributed by atoms with Gasteiger partial charge in [-0.1, -0.05) is 12.1 Å². The summed E-state index contributed by atoms with van der Waals surface area (Å²) in [6.45, 7) is 4.02. The summed E-state index contributed by atoms with van der Waals surface area (Å²) in [6.07, 6.45) is 2.04. The highest BCUT2D eigenvalue weighted by atomic mass is 15.4. The van der Waals surface area contributed by atoms with Crippen LogP contribution in [0.3, 0.4) is 0 Å². The molecule has 0 atom stereocenters. The molecule has 0 saturated carbocycles. The van der Waals surface area contributed by atoms with Gasteiger partial charge in [0.15, 0.2) is 0 Å². The number of allylic oxidation sites excluding steroid dienone is 2. The third-order valence-electron chi connectivity index (χ3n) is 2.66. The zero-order valence-electron chi connectivity index (χ0n) is 9.23. The highest BCUT2D eigenvalue weighted by Crippen LogP contribution is 2.25. The van der Waals surface area contributed by atoms with Gasteiger partial charge >= 0.3 is 0 Å². The maximum absolute atomic E-state index is 4.50. The van der Waals surface area contributed by atoms with Gasteiger partial charge in [-0.15, -0.1) is 0 Å². The van der Waals surface area contributed by atoms with E-state index in [2.05, 4.69) is 33.1 Å². The van der Waals surface area contributed by atoms with Gasteiger partial charge in [-0.3, -0.25) is 4.57 Å². The summed E-state index contributed by atoms with van der Waals surface area (Å²) >= 11 is 0. The topological polar surface area (TPSA) is 42.2 Å². The van der Waals surface area contributed by atoms with Gasteiger partial charge in [-0.25, -0.2) is 10.4 Å². The van der Waals surface area contributed by atoms with E-state index in [-0.39, 0.29) is 0 Å². The van der Waals surface area contributed by atoms with Crippen molar-refractivity contribution in [3.05, 3.63) is 30.3 Å². The minimum atomic E-state index is 0.770. The quantitative estimate of drug-likeness (QED) is 0.729. The number of anilines is 1. The van der Waals surface area contributed by atoms with E-state index in [0.29, 0.717) is 0 Å². The van der Waals surface area contributed by atoms with E-state index in [0.717, 1.165) is 28.4 Å². The van der Waals surface area contributed by atoms with Crippen molar-refractivity contribution in [3.63, 3.8) is 0 Å². The summed E-state index contributed by atoms with van der Waals surface area (Å²) in [6, 6.07) is 8.07. The molecular formula is C12H12N4. The van der Waals surface area contributed by atoms with E-state index in [4.69, 9.17) is 0 Å². The standard InChI is InChI=1S/C12H12N4/c1-8-7-9(2)16-11-6-4-3-5-10(11)13-12(16)15-14-8/h3-7H,1-2H3,(H,13,15). The summed E-state index contributed by atoms with van der Waals surface area (Å²) < 4.78 is 2.08. The molecule has 3 rings (SSSR count). The van der Waals surface area contributed by atoms with Crippen LogP contribution in [0.2, 0.25) is 0 Å². The summed E-state index contributed by atoms with van der Waals surface area (Å²) in [4.78, 5) is 4.50. The number of nitrogens with zero attached hydrogens (tertiary/aromatic N) is 3. The van der Waals surface area contributed by atoms with Crippen LogP contribution in [0.25, 0.3) is 16.7 Å². The fourth-order valence-corrected chi connectivity index (χ4v) is 2.00. The lowest BCUT2D eigenvalue weighted by atomic mass is 10.3. The van der Waals surface area contributed by atoms with Crippen LogP contribution in [0.1, 0.15) is 13.8 Å². The van der Waals surface area contributed by atoms with Crippen LogP contribution in [0.15, 0.2) is 35.4 Å². The van der Waals surface area contributed by atoms with Gasteiger partial charge in [-0.05, 0) is 32.1 Å². The molecule has 0 fully saturated rings. The average Bonchev–Trinajstić information content (AvgIpc) is 2.57. The van der Waals surface area contributed by atoms with Crippen molar-refractivity contribution < 1.29 is 0 Å². The molecule has 1 N–H and O–H groups in total. The van der Waals surface area contributed by atoms with Crippen molar-refractivity contribution in [1.29, 1.82) is 0 Å². The lowest BCUT2D eigenvalue weighted by molar-refractivity contribution is 1.09. The van der Waals surface area contributed by atoms with E-state index in [9.17, 15) is 0 Å². The molecule has 4 nitrogen and oxygen atoms in total. The van der Waals surface area contributed by atoms with Crippen LogP contribution >= 0.6 is 0 Å². The Hall–Kier alpha value is -2.10. The molecular weight excluding hydrogens is 200 g/mol. The largest absolute Gasteiger partial charge is 0.281 e. The molecule has 0 bridgehead atoms. The molecule has 0 amide bonds. The van der Waals surface area contributed by atoms with Crippen molar-refractivity contribution >= 4 is 28.4 Å². The molecule has 0 unspecified atom stereocenters. The number of rotatable bonds is 0. The van der Waals surface area contributed by atoms with E-state index < -0.39 is 0 Å². The van der Waals surface area contributed by atoms with Crippen LogP contribution in [-0.4, -0.2) is 15.3 Å². The molecule has 0 radical (unpaired) electrons. The second-order valence-corrected chi connectivity index (χ2v) is 3.91. The first-order chi connectivity index (χ1) is 7.75. The van der Waals surface area contributed by atoms with Gasteiger partial charge in [0, 0.05) is 5.70 Å². The molecule has 4 heteroatoms. The Kier molecular flexibility index (Phi) is 1.83. The van der Waals surface area contributed by atoms with Crippen LogP contribution in [0, 0.1) is 0 Å². The number of hydrogen-bond donors (Lipinski definition) is 1. The normalized spacial score (nSPS) is 14.9. The first-order valence-corrected chi connectivity index (χ1v) is 5.22. The van der Waals surface area contributed by atoms with Gasteiger partial charge in [0.05, 0.1) is 16.7 Å². The zero-order chi connectivity index (χ0) is 11.1. The number of benzene rings is 1. The van der Waals surface area contributed by atoms with Crippen molar-refractivity contribution in [3.8, 4) is 0 Å². The molecule has 1 aliphatic rings. The molecule has 1 aliphatic heterocycles. The number of nitrogens with one attached hydrogen (secondary N) is 1. The number of fused-ring (bicyclic) bond motifs is 3. The molecule has 0 spiro atoms. The predicted octanol–water partition coefficient (Wildman–Crippen LogP) is 2.70. The average molecular weight is 212 g/mol. The van der Waals surface area contributed by atoms with Gasteiger partial charge in [0.2, 0.25) is 5.95 Å². The zero-order valence-corrected chi connectivity index (χ0v) is 9.23. The second kappa shape index (κ2) is 3.20. The number of hydrazone groups is 1. The van der Waals surface area contributed by atoms with Crippen LogP contribution < -0.4 is 5.43 Å². The Morgan fingerprint density at radius 3 is 2.88 bits per heavy atom. The van der Waals surface area contributed by atoms with Gasteiger partial charge in [-0.2, -0.15) is 5.10 Å².